The second-order valence-corrected chi connectivity index (χ2v) is 18.8. The number of carbonyl (C=O) groups is 9. The summed E-state index contributed by atoms with van der Waals surface area (Å²) < 4.78 is 31.2. The van der Waals surface area contributed by atoms with Gasteiger partial charge in [-0.15, -0.1) is 34.8 Å². The molecule has 0 saturated heterocycles. The fourth-order valence-corrected chi connectivity index (χ4v) is 7.34. The lowest BCUT2D eigenvalue weighted by Crippen LogP contribution is -2.18. The summed E-state index contributed by atoms with van der Waals surface area (Å²) >= 11 is 16.6. The molecule has 0 aromatic heterocycles. The molecular weight excluding hydrogens is 1160 g/mol. The van der Waals surface area contributed by atoms with Crippen LogP contribution in [0.4, 0.5) is 0 Å². The van der Waals surface area contributed by atoms with Gasteiger partial charge in [0, 0.05) is 34.3 Å². The molecule has 0 amide bonds. The van der Waals surface area contributed by atoms with Gasteiger partial charge in [-0.2, -0.15) is 0 Å². The molecule has 0 bridgehead atoms. The minimum Gasteiger partial charge on any atom is -0.466 e. The second kappa shape index (κ2) is 38.2. The van der Waals surface area contributed by atoms with Gasteiger partial charge in [-0.3, -0.25) is 14.4 Å². The molecule has 0 spiro atoms. The SMILES string of the molecule is N/C(=N\OC(=O)c1cc(C(=O)O/N=C(\N)c2cccc(C(=O)OCCCCCOC(=O)CCCl)c2)cc(C(=O)O/N=C(/N)c2cccc(C(=O)OCCCCCOC(=O)CCCl)c2)c1)c1cccc(C(=O)OCCCCCOC(=O)CCCl)c1. The van der Waals surface area contributed by atoms with Crippen molar-refractivity contribution in [2.45, 2.75) is 77.0 Å². The zero-order valence-electron chi connectivity index (χ0n) is 45.6. The van der Waals surface area contributed by atoms with Crippen molar-refractivity contribution < 1.29 is 86.1 Å². The van der Waals surface area contributed by atoms with Crippen LogP contribution in [-0.2, 0) is 57.3 Å². The van der Waals surface area contributed by atoms with Crippen molar-refractivity contribution in [3.63, 3.8) is 0 Å². The molecule has 450 valence electrons. The Bertz CT molecular complexity index is 2690. The van der Waals surface area contributed by atoms with E-state index in [1.54, 1.807) is 0 Å². The summed E-state index contributed by atoms with van der Waals surface area (Å²) in [5.41, 5.74) is 17.7. The van der Waals surface area contributed by atoms with Crippen LogP contribution in [0.3, 0.4) is 0 Å². The number of benzene rings is 4. The maximum Gasteiger partial charge on any atom is 0.365 e. The van der Waals surface area contributed by atoms with Crippen LogP contribution in [-0.4, -0.2) is 129 Å². The van der Waals surface area contributed by atoms with E-state index < -0.39 is 70.4 Å². The first-order valence-electron chi connectivity index (χ1n) is 26.3. The summed E-state index contributed by atoms with van der Waals surface area (Å²) in [5, 5.41) is 11.1. The monoisotopic (exact) mass is 1220 g/mol. The smallest absolute Gasteiger partial charge is 0.365 e. The molecule has 24 nitrogen and oxygen atoms in total. The second-order valence-electron chi connectivity index (χ2n) is 17.7. The third-order valence-electron chi connectivity index (χ3n) is 11.3. The van der Waals surface area contributed by atoms with E-state index in [4.69, 9.17) is 94.9 Å². The molecule has 4 aromatic rings. The predicted octanol–water partition coefficient (Wildman–Crippen LogP) is 7.62. The van der Waals surface area contributed by atoms with Crippen molar-refractivity contribution in [2.75, 3.05) is 57.3 Å². The van der Waals surface area contributed by atoms with Gasteiger partial charge in [-0.25, -0.2) is 28.8 Å². The molecular formula is C57H63Cl3N6O18. The third-order valence-corrected chi connectivity index (χ3v) is 11.8. The van der Waals surface area contributed by atoms with Gasteiger partial charge in [0.2, 0.25) is 0 Å². The van der Waals surface area contributed by atoms with Crippen LogP contribution < -0.4 is 17.2 Å². The molecule has 0 unspecified atom stereocenters. The highest BCUT2D eigenvalue weighted by atomic mass is 35.5. The summed E-state index contributed by atoms with van der Waals surface area (Å²) in [6, 6.07) is 20.2. The van der Waals surface area contributed by atoms with Gasteiger partial charge in [0.15, 0.2) is 17.5 Å². The number of nitrogens with zero attached hydrogens (tertiary/aromatic N) is 3. The number of carbonyl (C=O) groups excluding carboxylic acids is 9. The molecule has 0 atom stereocenters. The van der Waals surface area contributed by atoms with E-state index in [0.29, 0.717) is 57.8 Å². The number of halogens is 3. The maximum atomic E-state index is 13.6. The average Bonchev–Trinajstić information content (AvgIpc) is 3.71. The molecule has 0 aliphatic heterocycles. The number of esters is 6. The van der Waals surface area contributed by atoms with Crippen molar-refractivity contribution in [1.29, 1.82) is 0 Å². The number of rotatable bonds is 36. The van der Waals surface area contributed by atoms with Crippen LogP contribution in [0.5, 0.6) is 0 Å². The highest BCUT2D eigenvalue weighted by Crippen LogP contribution is 2.18. The number of ether oxygens (including phenoxy) is 6. The largest absolute Gasteiger partial charge is 0.466 e. The molecule has 84 heavy (non-hydrogen) atoms. The fourth-order valence-electron chi connectivity index (χ4n) is 6.88. The first-order chi connectivity index (χ1) is 40.5. The van der Waals surface area contributed by atoms with Crippen molar-refractivity contribution in [2.24, 2.45) is 32.7 Å². The topological polar surface area (TPSA) is 352 Å². The van der Waals surface area contributed by atoms with Crippen LogP contribution in [0, 0.1) is 0 Å². The summed E-state index contributed by atoms with van der Waals surface area (Å²) in [6.45, 7) is 0.854. The van der Waals surface area contributed by atoms with Crippen molar-refractivity contribution >= 4 is 106 Å². The lowest BCUT2D eigenvalue weighted by atomic mass is 10.1. The van der Waals surface area contributed by atoms with Crippen molar-refractivity contribution in [3.05, 3.63) is 141 Å². The Morgan fingerprint density at radius 3 is 0.786 bits per heavy atom. The van der Waals surface area contributed by atoms with E-state index in [9.17, 15) is 43.2 Å². The highest BCUT2D eigenvalue weighted by Gasteiger charge is 2.22. The van der Waals surface area contributed by atoms with Crippen LogP contribution in [0.1, 0.15) is 156 Å². The van der Waals surface area contributed by atoms with E-state index in [1.165, 1.54) is 72.8 Å². The summed E-state index contributed by atoms with van der Waals surface area (Å²) in [5.74, 6) is -7.60. The highest BCUT2D eigenvalue weighted by molar-refractivity contribution is 6.19. The normalized spacial score (nSPS) is 11.4. The summed E-state index contributed by atoms with van der Waals surface area (Å²) in [7, 11) is 0. The van der Waals surface area contributed by atoms with E-state index in [0.717, 1.165) is 18.2 Å². The van der Waals surface area contributed by atoms with Crippen molar-refractivity contribution in [1.82, 2.24) is 0 Å². The third kappa shape index (κ3) is 25.3. The first kappa shape index (κ1) is 67.9. The Kier molecular flexibility index (Phi) is 30.9. The van der Waals surface area contributed by atoms with Gasteiger partial charge in [0.1, 0.15) is 0 Å². The van der Waals surface area contributed by atoms with Crippen LogP contribution in [0.2, 0.25) is 0 Å². The molecule has 0 saturated carbocycles. The number of oxime groups is 3. The zero-order chi connectivity index (χ0) is 61.1. The molecule has 27 heteroatoms. The Labute approximate surface area is 498 Å². The van der Waals surface area contributed by atoms with E-state index in [-0.39, 0.29) is 127 Å². The average molecular weight is 1230 g/mol. The van der Waals surface area contributed by atoms with Gasteiger partial charge < -0.3 is 60.1 Å². The first-order valence-corrected chi connectivity index (χ1v) is 27.9. The lowest BCUT2D eigenvalue weighted by Gasteiger charge is -2.08. The molecule has 0 aliphatic rings. The number of amidine groups is 3. The van der Waals surface area contributed by atoms with Crippen LogP contribution in [0.25, 0.3) is 0 Å². The number of alkyl halides is 3. The van der Waals surface area contributed by atoms with Gasteiger partial charge in [0.25, 0.3) is 0 Å². The number of hydrogen-bond acceptors (Lipinski definition) is 21. The van der Waals surface area contributed by atoms with Crippen LogP contribution in [0.15, 0.2) is 106 Å². The Hall–Kier alpha value is -8.61. The molecule has 0 fully saturated rings. The van der Waals surface area contributed by atoms with E-state index in [2.05, 4.69) is 15.5 Å². The number of nitrogens with two attached hydrogens (primary N) is 3. The molecule has 0 aliphatic carbocycles. The summed E-state index contributed by atoms with van der Waals surface area (Å²) in [4.78, 5) is 129. The Balaban J connectivity index is 1.47. The zero-order valence-corrected chi connectivity index (χ0v) is 47.8. The fraction of sp³-hybridized carbons (Fsp3) is 0.368. The minimum absolute atomic E-state index is 0.0736. The standard InChI is InChI=1S/C57H63Cl3N6O18/c58-22-19-46(67)76-25-4-1-7-28-79-52(70)40-16-10-13-37(31-40)49(61)64-82-55(73)43-34-44(56(74)83-65-50(62)38-14-11-17-41(32-38)53(71)80-29-8-2-5-26-77-47(68)20-23-59)36-45(35-43)57(75)84-66-51(63)39-15-12-18-42(33-39)54(72)81-30-9-3-6-27-78-48(69)21-24-60/h10-18,31-36H,1-9,19-30H2,(H2,61,64)(H2,62,65)(H2,63,66). The Morgan fingerprint density at radius 1 is 0.310 bits per heavy atom. The van der Waals surface area contributed by atoms with Gasteiger partial charge in [0.05, 0.1) is 92.3 Å². The quantitative estimate of drug-likeness (QED) is 0.00576. The Morgan fingerprint density at radius 2 is 0.536 bits per heavy atom. The number of unbranched alkanes of at least 4 members (excludes halogenated alkanes) is 6. The summed E-state index contributed by atoms with van der Waals surface area (Å²) in [6.07, 6.45) is 5.34. The van der Waals surface area contributed by atoms with Crippen LogP contribution >= 0.6 is 34.8 Å². The molecule has 0 radical (unpaired) electrons. The molecule has 4 aromatic carbocycles. The molecule has 6 N–H and O–H groups in total. The molecule has 4 rings (SSSR count). The maximum absolute atomic E-state index is 13.6. The predicted molar refractivity (Wildman–Crippen MR) is 305 cm³/mol. The molecule has 0 heterocycles. The van der Waals surface area contributed by atoms with Gasteiger partial charge in [-0.1, -0.05) is 51.9 Å². The van der Waals surface area contributed by atoms with Gasteiger partial charge in [-0.05, 0) is 112 Å². The number of hydrogen-bond donors (Lipinski definition) is 3. The lowest BCUT2D eigenvalue weighted by molar-refractivity contribution is -0.144. The van der Waals surface area contributed by atoms with E-state index >= 15 is 0 Å². The van der Waals surface area contributed by atoms with E-state index in [1.807, 2.05) is 0 Å². The van der Waals surface area contributed by atoms with Gasteiger partial charge >= 0.3 is 53.7 Å². The minimum atomic E-state index is -1.25. The van der Waals surface area contributed by atoms with Crippen molar-refractivity contribution in [3.8, 4) is 0 Å².